The summed E-state index contributed by atoms with van der Waals surface area (Å²) in [6.45, 7) is 1.68. The number of carbonyl (C=O) groups excluding carboxylic acids is 2. The fraction of sp³-hybridized carbons (Fsp3) is 0.500. The van der Waals surface area contributed by atoms with Gasteiger partial charge in [0.15, 0.2) is 5.16 Å². The van der Waals surface area contributed by atoms with Crippen LogP contribution >= 0.6 is 23.1 Å². The van der Waals surface area contributed by atoms with Gasteiger partial charge < -0.3 is 5.32 Å². The van der Waals surface area contributed by atoms with Crippen LogP contribution in [0.2, 0.25) is 0 Å². The van der Waals surface area contributed by atoms with Crippen molar-refractivity contribution in [3.8, 4) is 0 Å². The Labute approximate surface area is 153 Å². The van der Waals surface area contributed by atoms with Crippen molar-refractivity contribution in [1.82, 2.24) is 20.2 Å². The van der Waals surface area contributed by atoms with E-state index in [4.69, 9.17) is 0 Å². The lowest BCUT2D eigenvalue weighted by molar-refractivity contribution is -0.119. The van der Waals surface area contributed by atoms with E-state index >= 15 is 0 Å². The van der Waals surface area contributed by atoms with Crippen LogP contribution in [-0.2, 0) is 24.7 Å². The molecule has 0 bridgehead atoms. The van der Waals surface area contributed by atoms with Gasteiger partial charge in [0.25, 0.3) is 5.56 Å². The summed E-state index contributed by atoms with van der Waals surface area (Å²) in [5, 5.41) is 5.24. The van der Waals surface area contributed by atoms with Crippen LogP contribution in [0.1, 0.15) is 30.2 Å². The molecule has 7 nitrogen and oxygen atoms in total. The number of aromatic nitrogens is 2. The highest BCUT2D eigenvalue weighted by Gasteiger charge is 2.23. The minimum atomic E-state index is -0.555. The molecule has 3 rings (SSSR count). The molecule has 2 heterocycles. The monoisotopic (exact) mass is 380 g/mol. The lowest BCUT2D eigenvalue weighted by Gasteiger charge is -2.13. The van der Waals surface area contributed by atoms with Gasteiger partial charge >= 0.3 is 6.03 Å². The maximum atomic E-state index is 12.8. The molecule has 0 aliphatic heterocycles. The van der Waals surface area contributed by atoms with Crippen molar-refractivity contribution in [2.75, 3.05) is 7.05 Å². The summed E-state index contributed by atoms with van der Waals surface area (Å²) in [6.07, 6.45) is 4.20. The van der Waals surface area contributed by atoms with Gasteiger partial charge in [-0.15, -0.1) is 11.3 Å². The van der Waals surface area contributed by atoms with Crippen LogP contribution in [0, 0.1) is 0 Å². The molecule has 9 heteroatoms. The molecular weight excluding hydrogens is 360 g/mol. The van der Waals surface area contributed by atoms with Crippen molar-refractivity contribution >= 4 is 45.3 Å². The van der Waals surface area contributed by atoms with Crippen molar-refractivity contribution in [1.29, 1.82) is 0 Å². The molecule has 0 spiro atoms. The molecule has 0 unspecified atom stereocenters. The fourth-order valence-electron chi connectivity index (χ4n) is 2.86. The molecule has 2 N–H and O–H groups in total. The molecule has 2 aromatic heterocycles. The van der Waals surface area contributed by atoms with Gasteiger partial charge in [0.1, 0.15) is 4.83 Å². The highest BCUT2D eigenvalue weighted by molar-refractivity contribution is 8.00. The highest BCUT2D eigenvalue weighted by atomic mass is 32.2. The number of rotatable bonds is 3. The van der Waals surface area contributed by atoms with Crippen molar-refractivity contribution in [3.05, 3.63) is 20.8 Å². The predicted molar refractivity (Wildman–Crippen MR) is 99.4 cm³/mol. The summed E-state index contributed by atoms with van der Waals surface area (Å²) in [5.41, 5.74) is 1.09. The third kappa shape index (κ3) is 3.43. The quantitative estimate of drug-likeness (QED) is 0.626. The van der Waals surface area contributed by atoms with E-state index in [0.717, 1.165) is 41.5 Å². The van der Waals surface area contributed by atoms with E-state index in [2.05, 4.69) is 15.6 Å². The number of fused-ring (bicyclic) bond motifs is 3. The zero-order valence-electron chi connectivity index (χ0n) is 14.3. The Hall–Kier alpha value is -1.87. The number of imide groups is 1. The molecule has 25 heavy (non-hydrogen) atoms. The van der Waals surface area contributed by atoms with E-state index in [1.54, 1.807) is 25.3 Å². The third-order valence-electron chi connectivity index (χ3n) is 4.27. The number of thioether (sulfide) groups is 1. The zero-order chi connectivity index (χ0) is 18.1. The Morgan fingerprint density at radius 1 is 1.32 bits per heavy atom. The van der Waals surface area contributed by atoms with Crippen molar-refractivity contribution in [3.63, 3.8) is 0 Å². The lowest BCUT2D eigenvalue weighted by Crippen LogP contribution is -2.41. The minimum Gasteiger partial charge on any atom is -0.341 e. The van der Waals surface area contributed by atoms with Gasteiger partial charge in [0, 0.05) is 19.0 Å². The molecule has 0 saturated carbocycles. The smallest absolute Gasteiger partial charge is 0.321 e. The summed E-state index contributed by atoms with van der Waals surface area (Å²) in [6, 6.07) is -0.555. The standard InChI is InChI=1S/C16H20N4O3S2/c1-8(12(21)18-15(23)17-2)24-16-19-13-11(14(22)20(16)3)9-6-4-5-7-10(9)25-13/h8H,4-7H2,1-3H3,(H2,17,18,21,23)/t8-/m0/s1. The lowest BCUT2D eigenvalue weighted by atomic mass is 9.97. The Morgan fingerprint density at radius 2 is 2.04 bits per heavy atom. The van der Waals surface area contributed by atoms with E-state index < -0.39 is 17.2 Å². The first-order chi connectivity index (χ1) is 11.9. The van der Waals surface area contributed by atoms with Crippen LogP contribution in [0.3, 0.4) is 0 Å². The normalized spacial score (nSPS) is 14.8. The summed E-state index contributed by atoms with van der Waals surface area (Å²) < 4.78 is 1.50. The van der Waals surface area contributed by atoms with E-state index in [1.807, 2.05) is 0 Å². The topological polar surface area (TPSA) is 93.1 Å². The molecule has 0 fully saturated rings. The van der Waals surface area contributed by atoms with Crippen LogP contribution in [0.5, 0.6) is 0 Å². The fourth-order valence-corrected chi connectivity index (χ4v) is 5.04. The summed E-state index contributed by atoms with van der Waals surface area (Å²) >= 11 is 2.76. The molecular formula is C16H20N4O3S2. The maximum Gasteiger partial charge on any atom is 0.321 e. The molecule has 0 radical (unpaired) electrons. The molecule has 0 aromatic carbocycles. The van der Waals surface area contributed by atoms with Crippen LogP contribution in [0.15, 0.2) is 9.95 Å². The van der Waals surface area contributed by atoms with Crippen LogP contribution < -0.4 is 16.2 Å². The van der Waals surface area contributed by atoms with E-state index in [9.17, 15) is 14.4 Å². The third-order valence-corrected chi connectivity index (χ3v) is 6.60. The van der Waals surface area contributed by atoms with Crippen molar-refractivity contribution in [2.45, 2.75) is 43.0 Å². The average molecular weight is 380 g/mol. The predicted octanol–water partition coefficient (Wildman–Crippen LogP) is 1.81. The van der Waals surface area contributed by atoms with E-state index in [1.165, 1.54) is 28.3 Å². The number of thiophene rings is 1. The van der Waals surface area contributed by atoms with Crippen LogP contribution in [-0.4, -0.2) is 33.8 Å². The molecule has 0 saturated heterocycles. The maximum absolute atomic E-state index is 12.8. The zero-order valence-corrected chi connectivity index (χ0v) is 16.0. The first-order valence-corrected chi connectivity index (χ1v) is 9.82. The SMILES string of the molecule is CNC(=O)NC(=O)[C@H](C)Sc1nc2sc3c(c2c(=O)n1C)CCCC3. The van der Waals surface area contributed by atoms with Gasteiger partial charge in [0.2, 0.25) is 5.91 Å². The van der Waals surface area contributed by atoms with Gasteiger partial charge in [-0.25, -0.2) is 9.78 Å². The summed E-state index contributed by atoms with van der Waals surface area (Å²) in [5.74, 6) is -0.427. The molecule has 1 aliphatic rings. The first kappa shape index (κ1) is 17.9. The Bertz CT molecular complexity index is 903. The second kappa shape index (κ2) is 7.17. The number of nitrogens with one attached hydrogen (secondary N) is 2. The molecule has 1 atom stereocenters. The summed E-state index contributed by atoms with van der Waals surface area (Å²) in [4.78, 5) is 42.7. The number of carbonyl (C=O) groups is 2. The average Bonchev–Trinajstić information content (AvgIpc) is 2.97. The Morgan fingerprint density at radius 3 is 2.76 bits per heavy atom. The van der Waals surface area contributed by atoms with E-state index in [-0.39, 0.29) is 5.56 Å². The van der Waals surface area contributed by atoms with Gasteiger partial charge in [-0.2, -0.15) is 0 Å². The number of nitrogens with zero attached hydrogens (tertiary/aromatic N) is 2. The summed E-state index contributed by atoms with van der Waals surface area (Å²) in [7, 11) is 3.12. The molecule has 3 amide bonds. The van der Waals surface area contributed by atoms with Crippen LogP contribution in [0.4, 0.5) is 4.79 Å². The Balaban J connectivity index is 1.92. The van der Waals surface area contributed by atoms with E-state index in [0.29, 0.717) is 5.16 Å². The van der Waals surface area contributed by atoms with Gasteiger partial charge in [-0.05, 0) is 38.2 Å². The van der Waals surface area contributed by atoms with Gasteiger partial charge in [-0.1, -0.05) is 11.8 Å². The second-order valence-electron chi connectivity index (χ2n) is 5.98. The largest absolute Gasteiger partial charge is 0.341 e. The molecule has 2 aromatic rings. The first-order valence-electron chi connectivity index (χ1n) is 8.13. The molecule has 1 aliphatic carbocycles. The Kier molecular flexibility index (Phi) is 5.14. The van der Waals surface area contributed by atoms with Gasteiger partial charge in [0.05, 0.1) is 10.6 Å². The van der Waals surface area contributed by atoms with Crippen LogP contribution in [0.25, 0.3) is 10.2 Å². The number of aryl methyl sites for hydroxylation is 2. The van der Waals surface area contributed by atoms with Crippen molar-refractivity contribution in [2.24, 2.45) is 7.05 Å². The number of hydrogen-bond acceptors (Lipinski definition) is 6. The molecule has 134 valence electrons. The highest BCUT2D eigenvalue weighted by Crippen LogP contribution is 2.34. The van der Waals surface area contributed by atoms with Crippen molar-refractivity contribution < 1.29 is 9.59 Å². The number of amides is 3. The second-order valence-corrected chi connectivity index (χ2v) is 8.37. The number of hydrogen-bond donors (Lipinski definition) is 2. The van der Waals surface area contributed by atoms with Gasteiger partial charge in [-0.3, -0.25) is 19.5 Å². The minimum absolute atomic E-state index is 0.0641. The number of urea groups is 1.